The molecule has 1 aromatic carbocycles. The van der Waals surface area contributed by atoms with E-state index in [0.29, 0.717) is 23.6 Å². The Bertz CT molecular complexity index is 545. The van der Waals surface area contributed by atoms with Crippen LogP contribution in [0.15, 0.2) is 18.2 Å². The van der Waals surface area contributed by atoms with Crippen molar-refractivity contribution in [3.63, 3.8) is 0 Å². The van der Waals surface area contributed by atoms with Crippen molar-refractivity contribution in [1.82, 2.24) is 4.90 Å². The Morgan fingerprint density at radius 3 is 2.82 bits per heavy atom. The summed E-state index contributed by atoms with van der Waals surface area (Å²) in [4.78, 5) is 14.3. The van der Waals surface area contributed by atoms with Crippen LogP contribution in [0.5, 0.6) is 5.75 Å². The molecule has 1 atom stereocenters. The van der Waals surface area contributed by atoms with Crippen molar-refractivity contribution < 1.29 is 9.53 Å². The Hall–Kier alpha value is -1.26. The molecule has 1 aliphatic rings. The van der Waals surface area contributed by atoms with Crippen molar-refractivity contribution in [2.24, 2.45) is 11.1 Å². The summed E-state index contributed by atoms with van der Waals surface area (Å²) >= 11 is 6.11. The number of methoxy groups -OCH3 is 1. The maximum absolute atomic E-state index is 12.4. The number of ether oxygens (including phenoxy) is 1. The molecule has 0 aromatic heterocycles. The SMILES string of the molecule is COc1ccc(CCC(=O)N2CCC(N)C(C)(C)C2)cc1Cl. The molecular weight excluding hydrogens is 300 g/mol. The van der Waals surface area contributed by atoms with Crippen LogP contribution in [0, 0.1) is 5.41 Å². The summed E-state index contributed by atoms with van der Waals surface area (Å²) in [5.74, 6) is 0.843. The van der Waals surface area contributed by atoms with Crippen LogP contribution in [-0.2, 0) is 11.2 Å². The third kappa shape index (κ3) is 3.93. The number of rotatable bonds is 4. The van der Waals surface area contributed by atoms with E-state index in [-0.39, 0.29) is 17.4 Å². The fourth-order valence-corrected chi connectivity index (χ4v) is 3.14. The van der Waals surface area contributed by atoms with Gasteiger partial charge in [0.25, 0.3) is 0 Å². The minimum absolute atomic E-state index is 0.0165. The summed E-state index contributed by atoms with van der Waals surface area (Å²) in [6.07, 6.45) is 2.05. The maximum atomic E-state index is 12.4. The second-order valence-corrected chi connectivity index (χ2v) is 7.08. The van der Waals surface area contributed by atoms with Gasteiger partial charge in [0, 0.05) is 25.6 Å². The molecule has 0 aliphatic carbocycles. The Balaban J connectivity index is 1.91. The Morgan fingerprint density at radius 2 is 2.23 bits per heavy atom. The highest BCUT2D eigenvalue weighted by atomic mass is 35.5. The molecule has 2 N–H and O–H groups in total. The van der Waals surface area contributed by atoms with Gasteiger partial charge in [-0.1, -0.05) is 31.5 Å². The van der Waals surface area contributed by atoms with E-state index in [2.05, 4.69) is 13.8 Å². The number of hydrogen-bond acceptors (Lipinski definition) is 3. The van der Waals surface area contributed by atoms with Gasteiger partial charge in [-0.05, 0) is 36.0 Å². The molecule has 122 valence electrons. The van der Waals surface area contributed by atoms with E-state index in [9.17, 15) is 4.79 Å². The monoisotopic (exact) mass is 324 g/mol. The van der Waals surface area contributed by atoms with Crippen molar-refractivity contribution in [2.75, 3.05) is 20.2 Å². The number of nitrogens with two attached hydrogens (primary N) is 1. The Kier molecular flexibility index (Phi) is 5.35. The highest BCUT2D eigenvalue weighted by molar-refractivity contribution is 6.32. The molecule has 0 bridgehead atoms. The number of hydrogen-bond donors (Lipinski definition) is 1. The minimum atomic E-state index is -0.0165. The van der Waals surface area contributed by atoms with Gasteiger partial charge >= 0.3 is 0 Å². The van der Waals surface area contributed by atoms with Crippen LogP contribution >= 0.6 is 11.6 Å². The van der Waals surface area contributed by atoms with Crippen LogP contribution in [0.2, 0.25) is 5.02 Å². The molecule has 22 heavy (non-hydrogen) atoms. The molecule has 1 aromatic rings. The molecule has 1 unspecified atom stereocenters. The molecule has 0 saturated carbocycles. The van der Waals surface area contributed by atoms with Crippen LogP contribution in [0.25, 0.3) is 0 Å². The number of carbonyl (C=O) groups excluding carboxylic acids is 1. The number of likely N-dealkylation sites (tertiary alicyclic amines) is 1. The first-order chi connectivity index (χ1) is 10.3. The smallest absolute Gasteiger partial charge is 0.222 e. The summed E-state index contributed by atoms with van der Waals surface area (Å²) in [6, 6.07) is 5.82. The Labute approximate surface area is 137 Å². The van der Waals surface area contributed by atoms with Crippen LogP contribution in [0.1, 0.15) is 32.3 Å². The molecule has 5 heteroatoms. The topological polar surface area (TPSA) is 55.6 Å². The van der Waals surface area contributed by atoms with Crippen molar-refractivity contribution >= 4 is 17.5 Å². The summed E-state index contributed by atoms with van der Waals surface area (Å²) in [7, 11) is 1.59. The molecule has 2 rings (SSSR count). The molecule has 0 spiro atoms. The molecule has 1 heterocycles. The van der Waals surface area contributed by atoms with E-state index in [1.165, 1.54) is 0 Å². The fraction of sp³-hybridized carbons (Fsp3) is 0.588. The fourth-order valence-electron chi connectivity index (χ4n) is 2.86. The number of halogens is 1. The van der Waals surface area contributed by atoms with Crippen LogP contribution in [0.4, 0.5) is 0 Å². The van der Waals surface area contributed by atoms with Gasteiger partial charge < -0.3 is 15.4 Å². The third-order valence-electron chi connectivity index (χ3n) is 4.51. The van der Waals surface area contributed by atoms with E-state index in [1.807, 2.05) is 23.1 Å². The predicted molar refractivity (Wildman–Crippen MR) is 89.3 cm³/mol. The summed E-state index contributed by atoms with van der Waals surface area (Å²) in [5, 5.41) is 0.581. The second kappa shape index (κ2) is 6.88. The van der Waals surface area contributed by atoms with Gasteiger partial charge in [0.15, 0.2) is 0 Å². The van der Waals surface area contributed by atoms with E-state index >= 15 is 0 Å². The number of aryl methyl sites for hydroxylation is 1. The number of amides is 1. The van der Waals surface area contributed by atoms with Gasteiger partial charge in [-0.2, -0.15) is 0 Å². The van der Waals surface area contributed by atoms with E-state index in [0.717, 1.165) is 25.1 Å². The summed E-state index contributed by atoms with van der Waals surface area (Å²) < 4.78 is 5.13. The first-order valence-electron chi connectivity index (χ1n) is 7.69. The first-order valence-corrected chi connectivity index (χ1v) is 8.07. The third-order valence-corrected chi connectivity index (χ3v) is 4.80. The number of nitrogens with zero attached hydrogens (tertiary/aromatic N) is 1. The lowest BCUT2D eigenvalue weighted by Gasteiger charge is -2.42. The highest BCUT2D eigenvalue weighted by Crippen LogP contribution is 2.29. The average Bonchev–Trinajstić information content (AvgIpc) is 2.47. The first kappa shape index (κ1) is 17.1. The van der Waals surface area contributed by atoms with Gasteiger partial charge in [-0.25, -0.2) is 0 Å². The van der Waals surface area contributed by atoms with E-state index in [1.54, 1.807) is 7.11 Å². The van der Waals surface area contributed by atoms with Crippen molar-refractivity contribution in [1.29, 1.82) is 0 Å². The molecule has 1 aliphatic heterocycles. The van der Waals surface area contributed by atoms with Gasteiger partial charge in [-0.15, -0.1) is 0 Å². The second-order valence-electron chi connectivity index (χ2n) is 6.67. The van der Waals surface area contributed by atoms with E-state index in [4.69, 9.17) is 22.1 Å². The zero-order valence-corrected chi connectivity index (χ0v) is 14.3. The standard InChI is InChI=1S/C17H25ClN2O2/c1-17(2)11-20(9-8-15(17)19)16(21)7-5-12-4-6-14(22-3)13(18)10-12/h4,6,10,15H,5,7-9,11,19H2,1-3H3. The maximum Gasteiger partial charge on any atom is 0.222 e. The molecular formula is C17H25ClN2O2. The minimum Gasteiger partial charge on any atom is -0.495 e. The molecule has 1 saturated heterocycles. The van der Waals surface area contributed by atoms with Gasteiger partial charge in [0.2, 0.25) is 5.91 Å². The van der Waals surface area contributed by atoms with Crippen molar-refractivity contribution in [3.8, 4) is 5.75 Å². The van der Waals surface area contributed by atoms with Crippen molar-refractivity contribution in [3.05, 3.63) is 28.8 Å². The largest absolute Gasteiger partial charge is 0.495 e. The number of piperidine rings is 1. The highest BCUT2D eigenvalue weighted by Gasteiger charge is 2.34. The predicted octanol–water partition coefficient (Wildman–Crippen LogP) is 2.87. The molecule has 0 radical (unpaired) electrons. The van der Waals surface area contributed by atoms with Crippen LogP contribution in [0.3, 0.4) is 0 Å². The zero-order chi connectivity index (χ0) is 16.3. The lowest BCUT2D eigenvalue weighted by molar-refractivity contribution is -0.134. The Morgan fingerprint density at radius 1 is 1.50 bits per heavy atom. The summed E-state index contributed by atoms with van der Waals surface area (Å²) in [6.45, 7) is 5.74. The van der Waals surface area contributed by atoms with E-state index < -0.39 is 0 Å². The molecule has 1 fully saturated rings. The van der Waals surface area contributed by atoms with Crippen LogP contribution < -0.4 is 10.5 Å². The van der Waals surface area contributed by atoms with Gasteiger partial charge in [0.1, 0.15) is 5.75 Å². The molecule has 1 amide bonds. The summed E-state index contributed by atoms with van der Waals surface area (Å²) in [5.41, 5.74) is 7.15. The average molecular weight is 325 g/mol. The number of carbonyl (C=O) groups is 1. The molecule has 4 nitrogen and oxygen atoms in total. The zero-order valence-electron chi connectivity index (χ0n) is 13.6. The van der Waals surface area contributed by atoms with Crippen LogP contribution in [-0.4, -0.2) is 37.0 Å². The lowest BCUT2D eigenvalue weighted by Crippen LogP contribution is -2.54. The normalized spacial score (nSPS) is 20.8. The lowest BCUT2D eigenvalue weighted by atomic mass is 9.79. The quantitative estimate of drug-likeness (QED) is 0.926. The van der Waals surface area contributed by atoms with Gasteiger partial charge in [0.05, 0.1) is 12.1 Å². The van der Waals surface area contributed by atoms with Crippen molar-refractivity contribution in [2.45, 2.75) is 39.2 Å². The van der Waals surface area contributed by atoms with Gasteiger partial charge in [-0.3, -0.25) is 4.79 Å². The number of benzene rings is 1.